The molecule has 4 heteroatoms. The molecule has 0 radical (unpaired) electrons. The van der Waals surface area contributed by atoms with Crippen molar-refractivity contribution in [1.29, 1.82) is 0 Å². The number of piperazine rings is 1. The second-order valence-corrected chi connectivity index (χ2v) is 5.52. The van der Waals surface area contributed by atoms with Crippen molar-refractivity contribution in [2.24, 2.45) is 0 Å². The van der Waals surface area contributed by atoms with E-state index in [9.17, 15) is 4.79 Å². The predicted octanol–water partition coefficient (Wildman–Crippen LogP) is 1.95. The Balaban J connectivity index is 2.00. The van der Waals surface area contributed by atoms with Crippen LogP contribution in [-0.2, 0) is 0 Å². The molecule has 0 aliphatic carbocycles. The summed E-state index contributed by atoms with van der Waals surface area (Å²) in [5.74, 6) is 0.995. The number of hydrogen-bond acceptors (Lipinski definition) is 4. The molecule has 1 aliphatic rings. The zero-order valence-corrected chi connectivity index (χ0v) is 12.6. The maximum atomic E-state index is 12.5. The molecule has 20 heavy (non-hydrogen) atoms. The molecule has 4 nitrogen and oxygen atoms in total. The van der Waals surface area contributed by atoms with Crippen LogP contribution in [0.5, 0.6) is 5.75 Å². The maximum absolute atomic E-state index is 12.5. The van der Waals surface area contributed by atoms with Crippen molar-refractivity contribution in [2.45, 2.75) is 32.9 Å². The molecule has 1 aliphatic heterocycles. The number of benzene rings is 1. The predicted molar refractivity (Wildman–Crippen MR) is 80.4 cm³/mol. The smallest absolute Gasteiger partial charge is 0.179 e. The Kier molecular flexibility index (Phi) is 5.15. The van der Waals surface area contributed by atoms with Gasteiger partial charge in [-0.2, -0.15) is 0 Å². The van der Waals surface area contributed by atoms with Crippen LogP contribution in [0.25, 0.3) is 0 Å². The highest BCUT2D eigenvalue weighted by molar-refractivity contribution is 5.99. The van der Waals surface area contributed by atoms with Gasteiger partial charge in [0.15, 0.2) is 5.78 Å². The molecule has 1 aromatic rings. The molecule has 1 unspecified atom stereocenters. The van der Waals surface area contributed by atoms with E-state index in [1.54, 1.807) is 0 Å². The zero-order valence-electron chi connectivity index (χ0n) is 12.6. The van der Waals surface area contributed by atoms with Gasteiger partial charge in [0.2, 0.25) is 0 Å². The van der Waals surface area contributed by atoms with Crippen LogP contribution in [0.15, 0.2) is 24.3 Å². The van der Waals surface area contributed by atoms with Gasteiger partial charge in [-0.1, -0.05) is 0 Å². The fourth-order valence-corrected chi connectivity index (χ4v) is 2.45. The van der Waals surface area contributed by atoms with Gasteiger partial charge < -0.3 is 10.1 Å². The summed E-state index contributed by atoms with van der Waals surface area (Å²) in [6.07, 6.45) is 0.149. The molecule has 1 fully saturated rings. The summed E-state index contributed by atoms with van der Waals surface area (Å²) in [5, 5.41) is 3.30. The highest BCUT2D eigenvalue weighted by atomic mass is 16.5. The van der Waals surface area contributed by atoms with Crippen molar-refractivity contribution in [1.82, 2.24) is 10.2 Å². The number of nitrogens with zero attached hydrogens (tertiary/aromatic N) is 1. The fraction of sp³-hybridized carbons (Fsp3) is 0.562. The van der Waals surface area contributed by atoms with Crippen LogP contribution in [-0.4, -0.2) is 49.0 Å². The number of carbonyl (C=O) groups excluding carboxylic acids is 1. The summed E-state index contributed by atoms with van der Waals surface area (Å²) in [6.45, 7) is 9.75. The van der Waals surface area contributed by atoms with Gasteiger partial charge in [0.1, 0.15) is 5.75 Å². The van der Waals surface area contributed by atoms with E-state index in [0.29, 0.717) is 0 Å². The van der Waals surface area contributed by atoms with E-state index in [-0.39, 0.29) is 17.9 Å². The molecule has 0 bridgehead atoms. The van der Waals surface area contributed by atoms with Crippen LogP contribution in [0, 0.1) is 0 Å². The van der Waals surface area contributed by atoms with E-state index >= 15 is 0 Å². The van der Waals surface area contributed by atoms with Crippen molar-refractivity contribution in [3.63, 3.8) is 0 Å². The molecule has 1 heterocycles. The van der Waals surface area contributed by atoms with Crippen LogP contribution < -0.4 is 10.1 Å². The molecule has 1 N–H and O–H groups in total. The Hall–Kier alpha value is -1.39. The van der Waals surface area contributed by atoms with E-state index in [4.69, 9.17) is 4.74 Å². The van der Waals surface area contributed by atoms with Crippen molar-refractivity contribution >= 4 is 5.78 Å². The van der Waals surface area contributed by atoms with Crippen LogP contribution in [0.1, 0.15) is 31.1 Å². The van der Waals surface area contributed by atoms with Gasteiger partial charge in [-0.3, -0.25) is 9.69 Å². The number of ketones is 1. The Bertz CT molecular complexity index is 436. The minimum atomic E-state index is -0.0611. The fourth-order valence-electron chi connectivity index (χ4n) is 2.45. The maximum Gasteiger partial charge on any atom is 0.179 e. The lowest BCUT2D eigenvalue weighted by molar-refractivity contribution is 0.0820. The summed E-state index contributed by atoms with van der Waals surface area (Å²) in [4.78, 5) is 14.7. The second kappa shape index (κ2) is 6.86. The van der Waals surface area contributed by atoms with Crippen molar-refractivity contribution in [2.75, 3.05) is 26.2 Å². The normalized spacial score (nSPS) is 18.0. The topological polar surface area (TPSA) is 41.6 Å². The molecule has 0 amide bonds. The molecule has 110 valence electrons. The molecule has 0 saturated carbocycles. The Morgan fingerprint density at radius 2 is 1.75 bits per heavy atom. The number of rotatable bonds is 5. The number of nitrogens with one attached hydrogen (secondary N) is 1. The first-order valence-corrected chi connectivity index (χ1v) is 7.33. The Morgan fingerprint density at radius 3 is 2.30 bits per heavy atom. The molecule has 2 rings (SSSR count). The average molecular weight is 276 g/mol. The minimum Gasteiger partial charge on any atom is -0.491 e. The third-order valence-electron chi connectivity index (χ3n) is 3.59. The zero-order chi connectivity index (χ0) is 14.5. The standard InChI is InChI=1S/C16H24N2O2/c1-12(2)20-15-6-4-14(5-7-15)16(19)13(3)18-10-8-17-9-11-18/h4-7,12-13,17H,8-11H2,1-3H3. The highest BCUT2D eigenvalue weighted by Gasteiger charge is 2.23. The van der Waals surface area contributed by atoms with Crippen LogP contribution in [0.2, 0.25) is 0 Å². The van der Waals surface area contributed by atoms with Crippen molar-refractivity contribution in [3.8, 4) is 5.75 Å². The van der Waals surface area contributed by atoms with E-state index in [1.807, 2.05) is 45.0 Å². The van der Waals surface area contributed by atoms with Gasteiger partial charge in [-0.05, 0) is 45.0 Å². The van der Waals surface area contributed by atoms with Gasteiger partial charge in [0.05, 0.1) is 12.1 Å². The third kappa shape index (κ3) is 3.81. The van der Waals surface area contributed by atoms with Crippen LogP contribution in [0.4, 0.5) is 0 Å². The summed E-state index contributed by atoms with van der Waals surface area (Å²) in [7, 11) is 0. The van der Waals surface area contributed by atoms with E-state index in [2.05, 4.69) is 10.2 Å². The molecular formula is C16H24N2O2. The first-order valence-electron chi connectivity index (χ1n) is 7.33. The van der Waals surface area contributed by atoms with E-state index in [0.717, 1.165) is 37.5 Å². The molecule has 0 aromatic heterocycles. The SMILES string of the molecule is CC(C)Oc1ccc(C(=O)C(C)N2CCNCC2)cc1. The molecule has 1 atom stereocenters. The third-order valence-corrected chi connectivity index (χ3v) is 3.59. The van der Waals surface area contributed by atoms with Crippen molar-refractivity contribution in [3.05, 3.63) is 29.8 Å². The van der Waals surface area contributed by atoms with Gasteiger partial charge in [0, 0.05) is 31.7 Å². The largest absolute Gasteiger partial charge is 0.491 e. The number of hydrogen-bond donors (Lipinski definition) is 1. The highest BCUT2D eigenvalue weighted by Crippen LogP contribution is 2.16. The molecule has 0 spiro atoms. The van der Waals surface area contributed by atoms with E-state index < -0.39 is 0 Å². The summed E-state index contributed by atoms with van der Waals surface area (Å²) >= 11 is 0. The lowest BCUT2D eigenvalue weighted by atomic mass is 10.0. The Morgan fingerprint density at radius 1 is 1.15 bits per heavy atom. The van der Waals surface area contributed by atoms with Crippen LogP contribution >= 0.6 is 0 Å². The lowest BCUT2D eigenvalue weighted by Gasteiger charge is -2.31. The first-order chi connectivity index (χ1) is 9.58. The summed E-state index contributed by atoms with van der Waals surface area (Å²) < 4.78 is 5.60. The van der Waals surface area contributed by atoms with Crippen LogP contribution in [0.3, 0.4) is 0 Å². The Labute approximate surface area is 121 Å². The lowest BCUT2D eigenvalue weighted by Crippen LogP contribution is -2.50. The first kappa shape index (κ1) is 15.0. The number of Topliss-reactive ketones (excluding diaryl/α,β-unsaturated/α-hetero) is 1. The van der Waals surface area contributed by atoms with Crippen molar-refractivity contribution < 1.29 is 9.53 Å². The molecule has 1 saturated heterocycles. The molecule has 1 aromatic carbocycles. The quantitative estimate of drug-likeness (QED) is 0.835. The second-order valence-electron chi connectivity index (χ2n) is 5.52. The minimum absolute atomic E-state index is 0.0611. The summed E-state index contributed by atoms with van der Waals surface area (Å²) in [6, 6.07) is 7.40. The average Bonchev–Trinajstić information content (AvgIpc) is 2.47. The van der Waals surface area contributed by atoms with Gasteiger partial charge in [0.25, 0.3) is 0 Å². The van der Waals surface area contributed by atoms with Gasteiger partial charge >= 0.3 is 0 Å². The van der Waals surface area contributed by atoms with E-state index in [1.165, 1.54) is 0 Å². The summed E-state index contributed by atoms with van der Waals surface area (Å²) in [5.41, 5.74) is 0.757. The number of carbonyl (C=O) groups is 1. The molecular weight excluding hydrogens is 252 g/mol. The number of ether oxygens (including phenoxy) is 1. The van der Waals surface area contributed by atoms with Gasteiger partial charge in [-0.25, -0.2) is 0 Å². The monoisotopic (exact) mass is 276 g/mol. The van der Waals surface area contributed by atoms with Gasteiger partial charge in [-0.15, -0.1) is 0 Å².